The van der Waals surface area contributed by atoms with E-state index in [0.29, 0.717) is 21.6 Å². The molecule has 0 aliphatic rings. The van der Waals surface area contributed by atoms with Gasteiger partial charge in [-0.2, -0.15) is 5.10 Å². The Morgan fingerprint density at radius 2 is 2.00 bits per heavy atom. The Balaban J connectivity index is 1.69. The van der Waals surface area contributed by atoms with E-state index in [-0.39, 0.29) is 17.4 Å². The van der Waals surface area contributed by atoms with Gasteiger partial charge in [-0.3, -0.25) is 14.7 Å². The van der Waals surface area contributed by atoms with Crippen molar-refractivity contribution in [1.82, 2.24) is 20.1 Å². The van der Waals surface area contributed by atoms with E-state index in [0.717, 1.165) is 5.69 Å². The summed E-state index contributed by atoms with van der Waals surface area (Å²) in [5.41, 5.74) is 1.43. The van der Waals surface area contributed by atoms with E-state index in [1.807, 2.05) is 29.9 Å². The van der Waals surface area contributed by atoms with Crippen LogP contribution in [-0.4, -0.2) is 26.6 Å². The first kappa shape index (κ1) is 18.2. The third kappa shape index (κ3) is 3.81. The van der Waals surface area contributed by atoms with Gasteiger partial charge in [0.15, 0.2) is 5.69 Å². The number of carbonyl (C=O) groups is 2. The molecule has 0 saturated heterocycles. The molecule has 0 spiro atoms. The van der Waals surface area contributed by atoms with Gasteiger partial charge in [-0.15, -0.1) is 0 Å². The van der Waals surface area contributed by atoms with Gasteiger partial charge < -0.3 is 15.2 Å². The molecular formula is C17H15BrClN5O2. The van der Waals surface area contributed by atoms with E-state index >= 15 is 0 Å². The molecule has 9 heteroatoms. The highest BCUT2D eigenvalue weighted by atomic mass is 79.9. The molecule has 0 atom stereocenters. The van der Waals surface area contributed by atoms with Crippen molar-refractivity contribution < 1.29 is 9.59 Å². The average Bonchev–Trinajstić information content (AvgIpc) is 3.19. The minimum absolute atomic E-state index is 0.147. The van der Waals surface area contributed by atoms with Crippen LogP contribution in [0.2, 0.25) is 5.02 Å². The SMILES string of the molecule is Cn1cccc1CNC(=O)c1n[nH]c(NC(=O)c2ccccc2Cl)c1Br. The van der Waals surface area contributed by atoms with Crippen LogP contribution in [0.1, 0.15) is 26.5 Å². The molecule has 0 fully saturated rings. The second-order valence-electron chi connectivity index (χ2n) is 5.49. The zero-order valence-electron chi connectivity index (χ0n) is 13.7. The van der Waals surface area contributed by atoms with Gasteiger partial charge in [-0.25, -0.2) is 0 Å². The number of aryl methyl sites for hydroxylation is 1. The van der Waals surface area contributed by atoms with Gasteiger partial charge in [0.1, 0.15) is 5.82 Å². The largest absolute Gasteiger partial charge is 0.353 e. The lowest BCUT2D eigenvalue weighted by atomic mass is 10.2. The number of rotatable bonds is 5. The predicted octanol–water partition coefficient (Wildman–Crippen LogP) is 3.35. The Labute approximate surface area is 162 Å². The quantitative estimate of drug-likeness (QED) is 0.573. The Bertz CT molecular complexity index is 966. The zero-order chi connectivity index (χ0) is 18.7. The van der Waals surface area contributed by atoms with Crippen molar-refractivity contribution in [2.45, 2.75) is 6.54 Å². The molecule has 2 amide bonds. The number of nitrogens with one attached hydrogen (secondary N) is 3. The minimum Gasteiger partial charge on any atom is -0.353 e. The summed E-state index contributed by atoms with van der Waals surface area (Å²) in [6.45, 7) is 0.364. The fraction of sp³-hybridized carbons (Fsp3) is 0.118. The molecule has 2 aromatic heterocycles. The van der Waals surface area contributed by atoms with Gasteiger partial charge in [0, 0.05) is 18.9 Å². The first-order valence-corrected chi connectivity index (χ1v) is 8.82. The minimum atomic E-state index is -0.407. The van der Waals surface area contributed by atoms with E-state index in [1.54, 1.807) is 24.3 Å². The Kier molecular flexibility index (Phi) is 5.43. The zero-order valence-corrected chi connectivity index (χ0v) is 16.1. The first-order valence-electron chi connectivity index (χ1n) is 7.65. The van der Waals surface area contributed by atoms with E-state index in [4.69, 9.17) is 11.6 Å². The summed E-state index contributed by atoms with van der Waals surface area (Å²) < 4.78 is 2.28. The molecule has 0 bridgehead atoms. The van der Waals surface area contributed by atoms with Crippen molar-refractivity contribution in [3.05, 3.63) is 69.0 Å². The number of carbonyl (C=O) groups excluding carboxylic acids is 2. The van der Waals surface area contributed by atoms with Crippen LogP contribution in [-0.2, 0) is 13.6 Å². The molecule has 0 aliphatic carbocycles. The molecule has 3 rings (SSSR count). The summed E-state index contributed by atoms with van der Waals surface area (Å²) in [6, 6.07) is 10.5. The van der Waals surface area contributed by atoms with Crippen LogP contribution in [0.4, 0.5) is 5.82 Å². The van der Waals surface area contributed by atoms with E-state index in [2.05, 4.69) is 36.8 Å². The standard InChI is InChI=1S/C17H15BrClN5O2/c1-24-8-4-5-10(24)9-20-17(26)14-13(18)15(23-22-14)21-16(25)11-6-2-3-7-12(11)19/h2-8H,9H2,1H3,(H,20,26)(H2,21,22,23,25). The maximum Gasteiger partial charge on any atom is 0.273 e. The number of halogens is 2. The summed E-state index contributed by atoms with van der Waals surface area (Å²) in [7, 11) is 1.90. The van der Waals surface area contributed by atoms with Crippen LogP contribution in [0, 0.1) is 0 Å². The van der Waals surface area contributed by atoms with Gasteiger partial charge in [0.2, 0.25) is 0 Å². The molecule has 0 aliphatic heterocycles. The number of anilines is 1. The van der Waals surface area contributed by atoms with Crippen LogP contribution in [0.15, 0.2) is 47.1 Å². The number of aromatic nitrogens is 3. The summed E-state index contributed by atoms with van der Waals surface area (Å²) in [5, 5.41) is 12.4. The predicted molar refractivity (Wildman–Crippen MR) is 102 cm³/mol. The lowest BCUT2D eigenvalue weighted by Gasteiger charge is -2.06. The summed E-state index contributed by atoms with van der Waals surface area (Å²) in [6.07, 6.45) is 1.90. The molecule has 0 saturated carbocycles. The van der Waals surface area contributed by atoms with Crippen molar-refractivity contribution in [2.24, 2.45) is 7.05 Å². The van der Waals surface area contributed by atoms with Crippen LogP contribution in [0.5, 0.6) is 0 Å². The average molecular weight is 437 g/mol. The summed E-state index contributed by atoms with van der Waals surface area (Å²) >= 11 is 9.32. The molecule has 7 nitrogen and oxygen atoms in total. The molecule has 2 heterocycles. The highest BCUT2D eigenvalue weighted by Gasteiger charge is 2.20. The molecular weight excluding hydrogens is 422 g/mol. The smallest absolute Gasteiger partial charge is 0.273 e. The van der Waals surface area contributed by atoms with E-state index in [1.165, 1.54) is 0 Å². The molecule has 3 N–H and O–H groups in total. The number of nitrogens with zero attached hydrogens (tertiary/aromatic N) is 2. The van der Waals surface area contributed by atoms with Crippen molar-refractivity contribution in [3.63, 3.8) is 0 Å². The second kappa shape index (κ2) is 7.76. The van der Waals surface area contributed by atoms with Crippen LogP contribution in [0.3, 0.4) is 0 Å². The fourth-order valence-corrected chi connectivity index (χ4v) is 3.00. The number of H-pyrrole nitrogens is 1. The Hall–Kier alpha value is -2.58. The monoisotopic (exact) mass is 435 g/mol. The molecule has 1 aromatic carbocycles. The van der Waals surface area contributed by atoms with Crippen molar-refractivity contribution in [2.75, 3.05) is 5.32 Å². The number of hydrogen-bond acceptors (Lipinski definition) is 3. The van der Waals surface area contributed by atoms with Gasteiger partial charge in [-0.1, -0.05) is 23.7 Å². The number of amides is 2. The van der Waals surface area contributed by atoms with Crippen molar-refractivity contribution >= 4 is 45.2 Å². The fourth-order valence-electron chi connectivity index (χ4n) is 2.32. The van der Waals surface area contributed by atoms with Crippen LogP contribution >= 0.6 is 27.5 Å². The lowest BCUT2D eigenvalue weighted by Crippen LogP contribution is -2.24. The van der Waals surface area contributed by atoms with Crippen molar-refractivity contribution in [3.8, 4) is 0 Å². The van der Waals surface area contributed by atoms with E-state index < -0.39 is 5.91 Å². The van der Waals surface area contributed by atoms with Crippen LogP contribution < -0.4 is 10.6 Å². The van der Waals surface area contributed by atoms with Crippen molar-refractivity contribution in [1.29, 1.82) is 0 Å². The maximum absolute atomic E-state index is 12.3. The molecule has 3 aromatic rings. The highest BCUT2D eigenvalue weighted by Crippen LogP contribution is 2.25. The maximum atomic E-state index is 12.3. The summed E-state index contributed by atoms with van der Waals surface area (Å²) in [5.74, 6) is -0.498. The van der Waals surface area contributed by atoms with E-state index in [9.17, 15) is 9.59 Å². The van der Waals surface area contributed by atoms with Gasteiger partial charge in [0.05, 0.1) is 21.6 Å². The molecule has 134 valence electrons. The number of hydrogen-bond donors (Lipinski definition) is 3. The molecule has 26 heavy (non-hydrogen) atoms. The summed E-state index contributed by atoms with van der Waals surface area (Å²) in [4.78, 5) is 24.6. The van der Waals surface area contributed by atoms with Gasteiger partial charge >= 0.3 is 0 Å². The topological polar surface area (TPSA) is 91.8 Å². The molecule has 0 radical (unpaired) electrons. The third-order valence-electron chi connectivity index (χ3n) is 3.76. The number of aromatic amines is 1. The van der Waals surface area contributed by atoms with Gasteiger partial charge in [-0.05, 0) is 40.2 Å². The lowest BCUT2D eigenvalue weighted by molar-refractivity contribution is 0.0943. The molecule has 0 unspecified atom stereocenters. The third-order valence-corrected chi connectivity index (χ3v) is 4.86. The van der Waals surface area contributed by atoms with Gasteiger partial charge in [0.25, 0.3) is 11.8 Å². The highest BCUT2D eigenvalue weighted by molar-refractivity contribution is 9.10. The normalized spacial score (nSPS) is 10.6. The first-order chi connectivity index (χ1) is 12.5. The Morgan fingerprint density at radius 3 is 2.69 bits per heavy atom. The van der Waals surface area contributed by atoms with Crippen LogP contribution in [0.25, 0.3) is 0 Å². The second-order valence-corrected chi connectivity index (χ2v) is 6.69. The Morgan fingerprint density at radius 1 is 1.23 bits per heavy atom. The number of benzene rings is 1.